The molecule has 1 aromatic carbocycles. The smallest absolute Gasteiger partial charge is 0.327 e. The summed E-state index contributed by atoms with van der Waals surface area (Å²) in [6.07, 6.45) is 4.45. The number of carbonyl (C=O) groups is 1. The summed E-state index contributed by atoms with van der Waals surface area (Å²) in [5.74, 6) is -0.0000357. The van der Waals surface area contributed by atoms with Gasteiger partial charge in [0.25, 0.3) is 0 Å². The number of hydrogen-bond donors (Lipinski definition) is 1. The van der Waals surface area contributed by atoms with Gasteiger partial charge < -0.3 is 9.84 Å². The SMILES string of the molecule is COc1cc(C)c(CC/C=C/C(=O)O)cc1C. The van der Waals surface area contributed by atoms with Crippen LogP contribution in [0.3, 0.4) is 0 Å². The van der Waals surface area contributed by atoms with E-state index < -0.39 is 5.97 Å². The monoisotopic (exact) mass is 234 g/mol. The van der Waals surface area contributed by atoms with Crippen LogP contribution in [0.1, 0.15) is 23.1 Å². The number of carboxylic acids is 1. The lowest BCUT2D eigenvalue weighted by Crippen LogP contribution is -1.94. The molecule has 0 atom stereocenters. The van der Waals surface area contributed by atoms with Gasteiger partial charge in [-0.25, -0.2) is 4.79 Å². The van der Waals surface area contributed by atoms with Crippen LogP contribution < -0.4 is 4.74 Å². The summed E-state index contributed by atoms with van der Waals surface area (Å²) >= 11 is 0. The first-order valence-electron chi connectivity index (χ1n) is 5.58. The molecule has 3 nitrogen and oxygen atoms in total. The highest BCUT2D eigenvalue weighted by Crippen LogP contribution is 2.23. The van der Waals surface area contributed by atoms with Crippen molar-refractivity contribution < 1.29 is 14.6 Å². The van der Waals surface area contributed by atoms with Gasteiger partial charge in [0.2, 0.25) is 0 Å². The number of aryl methyl sites for hydroxylation is 3. The Morgan fingerprint density at radius 3 is 2.65 bits per heavy atom. The van der Waals surface area contributed by atoms with Crippen LogP contribution in [-0.2, 0) is 11.2 Å². The van der Waals surface area contributed by atoms with E-state index in [-0.39, 0.29) is 0 Å². The van der Waals surface area contributed by atoms with Crippen molar-refractivity contribution >= 4 is 5.97 Å². The van der Waals surface area contributed by atoms with E-state index in [1.54, 1.807) is 13.2 Å². The summed E-state index contributed by atoms with van der Waals surface area (Å²) in [4.78, 5) is 10.3. The molecule has 0 radical (unpaired) electrons. The van der Waals surface area contributed by atoms with Gasteiger partial charge >= 0.3 is 5.97 Å². The van der Waals surface area contributed by atoms with Gasteiger partial charge in [0.15, 0.2) is 0 Å². The van der Waals surface area contributed by atoms with Gasteiger partial charge in [-0.15, -0.1) is 0 Å². The van der Waals surface area contributed by atoms with Crippen molar-refractivity contribution in [3.8, 4) is 5.75 Å². The van der Waals surface area contributed by atoms with E-state index in [9.17, 15) is 4.79 Å². The average Bonchev–Trinajstić information content (AvgIpc) is 2.28. The largest absolute Gasteiger partial charge is 0.496 e. The lowest BCUT2D eigenvalue weighted by Gasteiger charge is -2.10. The highest BCUT2D eigenvalue weighted by Gasteiger charge is 2.04. The van der Waals surface area contributed by atoms with Gasteiger partial charge in [-0.1, -0.05) is 12.1 Å². The van der Waals surface area contributed by atoms with E-state index >= 15 is 0 Å². The maximum absolute atomic E-state index is 10.3. The molecular weight excluding hydrogens is 216 g/mol. The van der Waals surface area contributed by atoms with E-state index in [1.165, 1.54) is 17.2 Å². The van der Waals surface area contributed by atoms with Crippen LogP contribution in [0.2, 0.25) is 0 Å². The first-order chi connectivity index (χ1) is 8.04. The average molecular weight is 234 g/mol. The molecule has 1 rings (SSSR count). The van der Waals surface area contributed by atoms with Crippen LogP contribution >= 0.6 is 0 Å². The number of methoxy groups -OCH3 is 1. The number of allylic oxidation sites excluding steroid dienone is 1. The minimum atomic E-state index is -0.896. The van der Waals surface area contributed by atoms with E-state index in [1.807, 2.05) is 19.9 Å². The number of ether oxygens (including phenoxy) is 1. The maximum Gasteiger partial charge on any atom is 0.327 e. The van der Waals surface area contributed by atoms with Crippen LogP contribution in [0.5, 0.6) is 5.75 Å². The predicted molar refractivity (Wildman–Crippen MR) is 67.6 cm³/mol. The number of benzene rings is 1. The quantitative estimate of drug-likeness (QED) is 0.797. The normalized spacial score (nSPS) is 10.8. The standard InChI is InChI=1S/C14H18O3/c1-10-9-13(17-3)11(2)8-12(10)6-4-5-7-14(15)16/h5,7-9H,4,6H2,1-3H3,(H,15,16)/b7-5+. The fourth-order valence-corrected chi connectivity index (χ4v) is 1.76. The first kappa shape index (κ1) is 13.3. The third-order valence-electron chi connectivity index (χ3n) is 2.69. The molecule has 1 N–H and O–H groups in total. The molecule has 0 aliphatic carbocycles. The molecule has 3 heteroatoms. The van der Waals surface area contributed by atoms with Crippen LogP contribution in [0.25, 0.3) is 0 Å². The van der Waals surface area contributed by atoms with Crippen LogP contribution in [0, 0.1) is 13.8 Å². The number of rotatable bonds is 5. The van der Waals surface area contributed by atoms with E-state index in [0.29, 0.717) is 0 Å². The molecule has 17 heavy (non-hydrogen) atoms. The summed E-state index contributed by atoms with van der Waals surface area (Å²) < 4.78 is 5.25. The van der Waals surface area contributed by atoms with E-state index in [4.69, 9.17) is 9.84 Å². The highest BCUT2D eigenvalue weighted by atomic mass is 16.5. The third kappa shape index (κ3) is 3.94. The summed E-state index contributed by atoms with van der Waals surface area (Å²) in [5, 5.41) is 8.47. The molecule has 0 saturated carbocycles. The van der Waals surface area contributed by atoms with Gasteiger partial charge in [-0.3, -0.25) is 0 Å². The first-order valence-corrected chi connectivity index (χ1v) is 5.58. The van der Waals surface area contributed by atoms with Crippen molar-refractivity contribution in [1.29, 1.82) is 0 Å². The second-order valence-corrected chi connectivity index (χ2v) is 4.03. The lowest BCUT2D eigenvalue weighted by molar-refractivity contribution is -0.131. The molecule has 0 aliphatic heterocycles. The fourth-order valence-electron chi connectivity index (χ4n) is 1.76. The number of carboxylic acid groups (broad SMARTS) is 1. The molecule has 0 bridgehead atoms. The Morgan fingerprint density at radius 1 is 1.35 bits per heavy atom. The van der Waals surface area contributed by atoms with Crippen molar-refractivity contribution in [2.75, 3.05) is 7.11 Å². The molecule has 0 saturated heterocycles. The van der Waals surface area contributed by atoms with Crippen molar-refractivity contribution in [3.63, 3.8) is 0 Å². The molecular formula is C14H18O3. The molecule has 0 aliphatic rings. The van der Waals surface area contributed by atoms with Crippen molar-refractivity contribution in [1.82, 2.24) is 0 Å². The Labute approximate surface area is 102 Å². The summed E-state index contributed by atoms with van der Waals surface area (Å²) in [6.45, 7) is 4.05. The zero-order chi connectivity index (χ0) is 12.8. The Bertz CT molecular complexity index is 433. The topological polar surface area (TPSA) is 46.5 Å². The molecule has 0 unspecified atom stereocenters. The number of hydrogen-bond acceptors (Lipinski definition) is 2. The maximum atomic E-state index is 10.3. The summed E-state index contributed by atoms with van der Waals surface area (Å²) in [7, 11) is 1.66. The van der Waals surface area contributed by atoms with Gasteiger partial charge in [0.1, 0.15) is 5.75 Å². The zero-order valence-corrected chi connectivity index (χ0v) is 10.5. The Hall–Kier alpha value is -1.77. The van der Waals surface area contributed by atoms with Crippen LogP contribution in [0.15, 0.2) is 24.3 Å². The van der Waals surface area contributed by atoms with Gasteiger partial charge in [0.05, 0.1) is 7.11 Å². The lowest BCUT2D eigenvalue weighted by atomic mass is 10.0. The molecule has 0 spiro atoms. The second kappa shape index (κ2) is 6.09. The Balaban J connectivity index is 2.72. The van der Waals surface area contributed by atoms with Crippen molar-refractivity contribution in [2.45, 2.75) is 26.7 Å². The second-order valence-electron chi connectivity index (χ2n) is 4.03. The molecule has 0 amide bonds. The van der Waals surface area contributed by atoms with Gasteiger partial charge in [-0.2, -0.15) is 0 Å². The van der Waals surface area contributed by atoms with Crippen molar-refractivity contribution in [3.05, 3.63) is 41.0 Å². The Kier molecular flexibility index (Phi) is 4.76. The number of aliphatic carboxylic acids is 1. The highest BCUT2D eigenvalue weighted by molar-refractivity contribution is 5.79. The minimum absolute atomic E-state index is 0.735. The fraction of sp³-hybridized carbons (Fsp3) is 0.357. The van der Waals surface area contributed by atoms with E-state index in [2.05, 4.69) is 6.07 Å². The summed E-state index contributed by atoms with van der Waals surface area (Å²) in [6, 6.07) is 4.12. The molecule has 1 aromatic rings. The van der Waals surface area contributed by atoms with E-state index in [0.717, 1.165) is 24.2 Å². The summed E-state index contributed by atoms with van der Waals surface area (Å²) in [5.41, 5.74) is 3.52. The molecule has 0 heterocycles. The Morgan fingerprint density at radius 2 is 2.06 bits per heavy atom. The van der Waals surface area contributed by atoms with Crippen LogP contribution in [0.4, 0.5) is 0 Å². The molecule has 0 aromatic heterocycles. The van der Waals surface area contributed by atoms with Crippen LogP contribution in [-0.4, -0.2) is 18.2 Å². The van der Waals surface area contributed by atoms with Gasteiger partial charge in [0, 0.05) is 6.08 Å². The minimum Gasteiger partial charge on any atom is -0.496 e. The van der Waals surface area contributed by atoms with Crippen molar-refractivity contribution in [2.24, 2.45) is 0 Å². The zero-order valence-electron chi connectivity index (χ0n) is 10.5. The third-order valence-corrected chi connectivity index (χ3v) is 2.69. The van der Waals surface area contributed by atoms with Gasteiger partial charge in [-0.05, 0) is 49.4 Å². The molecule has 0 fully saturated rings. The molecule has 92 valence electrons. The predicted octanol–water partition coefficient (Wildman–Crippen LogP) is 2.89.